The van der Waals surface area contributed by atoms with E-state index in [1.165, 1.54) is 48.7 Å². The number of halogens is 1. The highest BCUT2D eigenvalue weighted by molar-refractivity contribution is 9.10. The first-order chi connectivity index (χ1) is 9.65. The normalized spacial score (nSPS) is 17.8. The lowest BCUT2D eigenvalue weighted by atomic mass is 9.85. The third kappa shape index (κ3) is 5.21. The Morgan fingerprint density at radius 1 is 1.10 bits per heavy atom. The molecule has 20 heavy (non-hydrogen) atoms. The molecule has 1 nitrogen and oxygen atoms in total. The molecule has 2 rings (SSSR count). The Balaban J connectivity index is 1.92. The van der Waals surface area contributed by atoms with Crippen LogP contribution in [0.15, 0.2) is 28.7 Å². The van der Waals surface area contributed by atoms with Crippen LogP contribution >= 0.6 is 15.9 Å². The molecule has 1 fully saturated rings. The number of nitrogens with one attached hydrogen (secondary N) is 1. The first-order valence-electron chi connectivity index (χ1n) is 8.10. The smallest absolute Gasteiger partial charge is 0.0175 e. The SMILES string of the molecule is CC(C)CNCC(Cc1ccc(Br)cc1)C1CCCC1. The van der Waals surface area contributed by atoms with Crippen LogP contribution in [-0.4, -0.2) is 13.1 Å². The van der Waals surface area contributed by atoms with Gasteiger partial charge in [0, 0.05) is 4.47 Å². The maximum Gasteiger partial charge on any atom is 0.0175 e. The summed E-state index contributed by atoms with van der Waals surface area (Å²) in [6, 6.07) is 8.88. The van der Waals surface area contributed by atoms with Gasteiger partial charge in [-0.3, -0.25) is 0 Å². The van der Waals surface area contributed by atoms with Crippen molar-refractivity contribution in [3.8, 4) is 0 Å². The second kappa shape index (κ2) is 8.19. The molecular weight excluding hydrogens is 310 g/mol. The Morgan fingerprint density at radius 3 is 2.35 bits per heavy atom. The largest absolute Gasteiger partial charge is 0.316 e. The Morgan fingerprint density at radius 2 is 1.75 bits per heavy atom. The summed E-state index contributed by atoms with van der Waals surface area (Å²) in [5, 5.41) is 3.68. The molecule has 0 amide bonds. The van der Waals surface area contributed by atoms with Gasteiger partial charge in [0.1, 0.15) is 0 Å². The van der Waals surface area contributed by atoms with E-state index in [2.05, 4.69) is 59.4 Å². The van der Waals surface area contributed by atoms with Crippen molar-refractivity contribution in [1.29, 1.82) is 0 Å². The van der Waals surface area contributed by atoms with E-state index in [0.717, 1.165) is 24.3 Å². The van der Waals surface area contributed by atoms with E-state index in [4.69, 9.17) is 0 Å². The molecule has 0 radical (unpaired) electrons. The molecule has 0 aliphatic heterocycles. The van der Waals surface area contributed by atoms with E-state index >= 15 is 0 Å². The van der Waals surface area contributed by atoms with Gasteiger partial charge in [-0.1, -0.05) is 67.6 Å². The second-order valence-corrected chi connectivity index (χ2v) is 7.60. The van der Waals surface area contributed by atoms with Gasteiger partial charge in [-0.2, -0.15) is 0 Å². The van der Waals surface area contributed by atoms with Crippen LogP contribution in [-0.2, 0) is 6.42 Å². The maximum absolute atomic E-state index is 3.68. The van der Waals surface area contributed by atoms with Gasteiger partial charge in [0.25, 0.3) is 0 Å². The molecule has 112 valence electrons. The maximum atomic E-state index is 3.68. The fraction of sp³-hybridized carbons (Fsp3) is 0.667. The van der Waals surface area contributed by atoms with Crippen LogP contribution in [0.2, 0.25) is 0 Å². The molecule has 1 aromatic rings. The zero-order valence-electron chi connectivity index (χ0n) is 12.9. The van der Waals surface area contributed by atoms with Gasteiger partial charge < -0.3 is 5.32 Å². The summed E-state index contributed by atoms with van der Waals surface area (Å²) in [6.07, 6.45) is 6.97. The van der Waals surface area contributed by atoms with Crippen molar-refractivity contribution in [2.45, 2.75) is 46.0 Å². The minimum atomic E-state index is 0.743. The highest BCUT2D eigenvalue weighted by Gasteiger charge is 2.24. The minimum absolute atomic E-state index is 0.743. The molecule has 1 aromatic carbocycles. The standard InChI is InChI=1S/C18H28BrN/c1-14(2)12-20-13-17(16-5-3-4-6-16)11-15-7-9-18(19)10-8-15/h7-10,14,16-17,20H,3-6,11-13H2,1-2H3. The lowest BCUT2D eigenvalue weighted by Gasteiger charge is -2.24. The molecule has 1 N–H and O–H groups in total. The van der Waals surface area contributed by atoms with Crippen LogP contribution in [0.1, 0.15) is 45.1 Å². The molecule has 1 saturated carbocycles. The molecule has 1 aliphatic rings. The van der Waals surface area contributed by atoms with Crippen molar-refractivity contribution >= 4 is 15.9 Å². The molecule has 0 saturated heterocycles. The van der Waals surface area contributed by atoms with Gasteiger partial charge in [-0.15, -0.1) is 0 Å². The lowest BCUT2D eigenvalue weighted by molar-refractivity contribution is 0.316. The summed E-state index contributed by atoms with van der Waals surface area (Å²) in [7, 11) is 0. The van der Waals surface area contributed by atoms with Crippen molar-refractivity contribution in [3.63, 3.8) is 0 Å². The van der Waals surface area contributed by atoms with Gasteiger partial charge >= 0.3 is 0 Å². The number of hydrogen-bond acceptors (Lipinski definition) is 1. The van der Waals surface area contributed by atoms with Crippen molar-refractivity contribution in [3.05, 3.63) is 34.3 Å². The van der Waals surface area contributed by atoms with Crippen LogP contribution in [0.25, 0.3) is 0 Å². The molecule has 0 aromatic heterocycles. The molecule has 1 aliphatic carbocycles. The van der Waals surface area contributed by atoms with Gasteiger partial charge in [-0.05, 0) is 55.0 Å². The van der Waals surface area contributed by atoms with Gasteiger partial charge in [0.15, 0.2) is 0 Å². The highest BCUT2D eigenvalue weighted by atomic mass is 79.9. The van der Waals surface area contributed by atoms with E-state index in [1.54, 1.807) is 0 Å². The first kappa shape index (κ1) is 16.0. The molecule has 1 atom stereocenters. The quantitative estimate of drug-likeness (QED) is 0.734. The van der Waals surface area contributed by atoms with Gasteiger partial charge in [0.05, 0.1) is 0 Å². The van der Waals surface area contributed by atoms with Crippen LogP contribution < -0.4 is 5.32 Å². The van der Waals surface area contributed by atoms with Gasteiger partial charge in [-0.25, -0.2) is 0 Å². The van der Waals surface area contributed by atoms with E-state index < -0.39 is 0 Å². The van der Waals surface area contributed by atoms with E-state index in [9.17, 15) is 0 Å². The highest BCUT2D eigenvalue weighted by Crippen LogP contribution is 2.33. The minimum Gasteiger partial charge on any atom is -0.316 e. The van der Waals surface area contributed by atoms with Crippen LogP contribution in [0.4, 0.5) is 0 Å². The molecule has 0 heterocycles. The Labute approximate surface area is 132 Å². The third-order valence-electron chi connectivity index (χ3n) is 4.44. The summed E-state index contributed by atoms with van der Waals surface area (Å²) in [6.45, 7) is 6.89. The number of benzene rings is 1. The second-order valence-electron chi connectivity index (χ2n) is 6.69. The topological polar surface area (TPSA) is 12.0 Å². The molecule has 0 spiro atoms. The zero-order chi connectivity index (χ0) is 14.4. The van der Waals surface area contributed by atoms with E-state index in [0.29, 0.717) is 0 Å². The zero-order valence-corrected chi connectivity index (χ0v) is 14.5. The third-order valence-corrected chi connectivity index (χ3v) is 4.97. The molecule has 2 heteroatoms. The summed E-state index contributed by atoms with van der Waals surface area (Å²) in [5.74, 6) is 2.47. The predicted octanol–water partition coefficient (Wildman–Crippen LogP) is 5.04. The van der Waals surface area contributed by atoms with E-state index in [1.807, 2.05) is 0 Å². The average Bonchev–Trinajstić information content (AvgIpc) is 2.93. The van der Waals surface area contributed by atoms with E-state index in [-0.39, 0.29) is 0 Å². The fourth-order valence-electron chi connectivity index (χ4n) is 3.31. The van der Waals surface area contributed by atoms with Crippen LogP contribution in [0.3, 0.4) is 0 Å². The summed E-state index contributed by atoms with van der Waals surface area (Å²) >= 11 is 3.52. The average molecular weight is 338 g/mol. The molecule has 1 unspecified atom stereocenters. The number of rotatable bonds is 7. The fourth-order valence-corrected chi connectivity index (χ4v) is 3.58. The molecular formula is C18H28BrN. The van der Waals surface area contributed by atoms with Crippen molar-refractivity contribution < 1.29 is 0 Å². The van der Waals surface area contributed by atoms with Crippen molar-refractivity contribution in [2.24, 2.45) is 17.8 Å². The Bertz CT molecular complexity index is 379. The summed E-state index contributed by atoms with van der Waals surface area (Å²) < 4.78 is 1.18. The predicted molar refractivity (Wildman–Crippen MR) is 91.0 cm³/mol. The first-order valence-corrected chi connectivity index (χ1v) is 8.89. The summed E-state index contributed by atoms with van der Waals surface area (Å²) in [5.41, 5.74) is 1.48. The van der Waals surface area contributed by atoms with Crippen molar-refractivity contribution in [1.82, 2.24) is 5.32 Å². The lowest BCUT2D eigenvalue weighted by Crippen LogP contribution is -2.31. The van der Waals surface area contributed by atoms with Crippen molar-refractivity contribution in [2.75, 3.05) is 13.1 Å². The monoisotopic (exact) mass is 337 g/mol. The Hall–Kier alpha value is -0.340. The molecule has 0 bridgehead atoms. The number of hydrogen-bond donors (Lipinski definition) is 1. The summed E-state index contributed by atoms with van der Waals surface area (Å²) in [4.78, 5) is 0. The van der Waals surface area contributed by atoms with Crippen LogP contribution in [0, 0.1) is 17.8 Å². The van der Waals surface area contributed by atoms with Crippen LogP contribution in [0.5, 0.6) is 0 Å². The Kier molecular flexibility index (Phi) is 6.57. The van der Waals surface area contributed by atoms with Gasteiger partial charge in [0.2, 0.25) is 0 Å².